The Hall–Kier alpha value is -1.03. The van der Waals surface area contributed by atoms with Crippen LogP contribution in [0.1, 0.15) is 18.4 Å². The van der Waals surface area contributed by atoms with Crippen LogP contribution in [-0.4, -0.2) is 21.6 Å². The number of hydrogen-bond donors (Lipinski definition) is 1. The van der Waals surface area contributed by atoms with Crippen LogP contribution in [0.5, 0.6) is 0 Å². The summed E-state index contributed by atoms with van der Waals surface area (Å²) in [6, 6.07) is 0. The number of alkyl halides is 1. The highest BCUT2D eigenvalue weighted by atomic mass is 35.5. The van der Waals surface area contributed by atoms with Crippen molar-refractivity contribution in [3.63, 3.8) is 0 Å². The lowest BCUT2D eigenvalue weighted by Crippen LogP contribution is -2.22. The molecular weight excluding hydrogens is 202 g/mol. The van der Waals surface area contributed by atoms with E-state index in [2.05, 4.69) is 10.4 Å². The Kier molecular flexibility index (Phi) is 4.46. The SMILES string of the molecule is Cn1cc(CNC(=O)CCCCl)cn1. The van der Waals surface area contributed by atoms with Gasteiger partial charge in [-0.05, 0) is 6.42 Å². The second kappa shape index (κ2) is 5.65. The van der Waals surface area contributed by atoms with Gasteiger partial charge in [-0.1, -0.05) is 0 Å². The maximum atomic E-state index is 11.2. The maximum absolute atomic E-state index is 11.2. The number of aryl methyl sites for hydroxylation is 1. The van der Waals surface area contributed by atoms with Crippen molar-refractivity contribution in [3.05, 3.63) is 18.0 Å². The van der Waals surface area contributed by atoms with Crippen molar-refractivity contribution in [3.8, 4) is 0 Å². The van der Waals surface area contributed by atoms with Crippen LogP contribution in [0.4, 0.5) is 0 Å². The highest BCUT2D eigenvalue weighted by Crippen LogP contribution is 1.96. The zero-order chi connectivity index (χ0) is 10.4. The number of nitrogens with zero attached hydrogens (tertiary/aromatic N) is 2. The molecule has 14 heavy (non-hydrogen) atoms. The molecule has 1 aromatic heterocycles. The molecule has 1 rings (SSSR count). The highest BCUT2D eigenvalue weighted by Gasteiger charge is 2.01. The molecule has 0 fully saturated rings. The van der Waals surface area contributed by atoms with Crippen LogP contribution in [0.3, 0.4) is 0 Å². The second-order valence-electron chi connectivity index (χ2n) is 3.09. The van der Waals surface area contributed by atoms with Crippen LogP contribution in [0.25, 0.3) is 0 Å². The quantitative estimate of drug-likeness (QED) is 0.747. The number of carbonyl (C=O) groups is 1. The van der Waals surface area contributed by atoms with Gasteiger partial charge in [-0.3, -0.25) is 9.48 Å². The molecular formula is C9H14ClN3O. The van der Waals surface area contributed by atoms with Gasteiger partial charge in [-0.2, -0.15) is 5.10 Å². The Morgan fingerprint density at radius 2 is 2.50 bits per heavy atom. The number of nitrogens with one attached hydrogen (secondary N) is 1. The number of carbonyl (C=O) groups excluding carboxylic acids is 1. The van der Waals surface area contributed by atoms with E-state index in [9.17, 15) is 4.79 Å². The molecule has 4 nitrogen and oxygen atoms in total. The molecule has 5 heteroatoms. The van der Waals surface area contributed by atoms with Gasteiger partial charge in [0.25, 0.3) is 0 Å². The lowest BCUT2D eigenvalue weighted by atomic mass is 10.3. The van der Waals surface area contributed by atoms with E-state index in [1.165, 1.54) is 0 Å². The smallest absolute Gasteiger partial charge is 0.220 e. The summed E-state index contributed by atoms with van der Waals surface area (Å²) in [6.45, 7) is 0.537. The molecule has 78 valence electrons. The van der Waals surface area contributed by atoms with Crippen LogP contribution in [0.2, 0.25) is 0 Å². The van der Waals surface area contributed by atoms with Gasteiger partial charge in [0.15, 0.2) is 0 Å². The van der Waals surface area contributed by atoms with Gasteiger partial charge < -0.3 is 5.32 Å². The van der Waals surface area contributed by atoms with Gasteiger partial charge in [0.05, 0.1) is 6.20 Å². The number of amides is 1. The fourth-order valence-electron chi connectivity index (χ4n) is 1.08. The van der Waals surface area contributed by atoms with E-state index in [0.29, 0.717) is 18.8 Å². The first-order valence-corrected chi connectivity index (χ1v) is 5.06. The minimum atomic E-state index is 0.0366. The molecule has 0 unspecified atom stereocenters. The summed E-state index contributed by atoms with van der Waals surface area (Å²) >= 11 is 5.47. The van der Waals surface area contributed by atoms with Gasteiger partial charge in [-0.15, -0.1) is 11.6 Å². The van der Waals surface area contributed by atoms with Crippen molar-refractivity contribution >= 4 is 17.5 Å². The standard InChI is InChI=1S/C9H14ClN3O/c1-13-7-8(6-12-13)5-11-9(14)3-2-4-10/h6-7H,2-5H2,1H3,(H,11,14). The lowest BCUT2D eigenvalue weighted by Gasteiger charge is -2.01. The molecule has 0 radical (unpaired) electrons. The third-order valence-electron chi connectivity index (χ3n) is 1.79. The molecule has 0 spiro atoms. The topological polar surface area (TPSA) is 46.9 Å². The summed E-state index contributed by atoms with van der Waals surface area (Å²) in [5.41, 5.74) is 1.01. The largest absolute Gasteiger partial charge is 0.352 e. The van der Waals surface area contributed by atoms with Crippen LogP contribution in [-0.2, 0) is 18.4 Å². The normalized spacial score (nSPS) is 10.1. The first-order valence-electron chi connectivity index (χ1n) is 4.52. The fraction of sp³-hybridized carbons (Fsp3) is 0.556. The fourth-order valence-corrected chi connectivity index (χ4v) is 1.21. The van der Waals surface area contributed by atoms with E-state index in [-0.39, 0.29) is 5.91 Å². The molecule has 1 N–H and O–H groups in total. The number of rotatable bonds is 5. The number of hydrogen-bond acceptors (Lipinski definition) is 2. The van der Waals surface area contributed by atoms with E-state index in [0.717, 1.165) is 12.0 Å². The molecule has 0 aliphatic rings. The van der Waals surface area contributed by atoms with Gasteiger partial charge in [0.2, 0.25) is 5.91 Å². The first-order chi connectivity index (χ1) is 6.72. The molecule has 0 saturated carbocycles. The second-order valence-corrected chi connectivity index (χ2v) is 3.47. The van der Waals surface area contributed by atoms with Crippen LogP contribution in [0, 0.1) is 0 Å². The highest BCUT2D eigenvalue weighted by molar-refractivity contribution is 6.17. The summed E-state index contributed by atoms with van der Waals surface area (Å²) in [5.74, 6) is 0.565. The van der Waals surface area contributed by atoms with Crippen molar-refractivity contribution < 1.29 is 4.79 Å². The Labute approximate surface area is 88.2 Å². The average Bonchev–Trinajstić information content (AvgIpc) is 2.58. The van der Waals surface area contributed by atoms with Crippen LogP contribution in [0.15, 0.2) is 12.4 Å². The summed E-state index contributed by atoms with van der Waals surface area (Å²) in [7, 11) is 1.85. The minimum Gasteiger partial charge on any atom is -0.352 e. The Morgan fingerprint density at radius 1 is 1.71 bits per heavy atom. The summed E-state index contributed by atoms with van der Waals surface area (Å²) in [5, 5.41) is 6.80. The van der Waals surface area contributed by atoms with Crippen LogP contribution >= 0.6 is 11.6 Å². The molecule has 0 saturated heterocycles. The zero-order valence-corrected chi connectivity index (χ0v) is 8.92. The molecule has 1 aromatic rings. The predicted octanol–water partition coefficient (Wildman–Crippen LogP) is 1.06. The molecule has 0 aliphatic carbocycles. The molecule has 0 atom stereocenters. The van der Waals surface area contributed by atoms with E-state index < -0.39 is 0 Å². The monoisotopic (exact) mass is 215 g/mol. The molecule has 0 aromatic carbocycles. The third kappa shape index (κ3) is 3.79. The first kappa shape index (κ1) is 11.0. The third-order valence-corrected chi connectivity index (χ3v) is 2.05. The van der Waals surface area contributed by atoms with E-state index >= 15 is 0 Å². The van der Waals surface area contributed by atoms with Crippen molar-refractivity contribution in [2.45, 2.75) is 19.4 Å². The summed E-state index contributed by atoms with van der Waals surface area (Å²) in [4.78, 5) is 11.2. The van der Waals surface area contributed by atoms with Gasteiger partial charge in [0, 0.05) is 37.7 Å². The summed E-state index contributed by atoms with van der Waals surface area (Å²) in [6.07, 6.45) is 4.83. The van der Waals surface area contributed by atoms with Crippen molar-refractivity contribution in [2.24, 2.45) is 7.05 Å². The predicted molar refractivity (Wildman–Crippen MR) is 55.0 cm³/mol. The Bertz CT molecular complexity index is 298. The van der Waals surface area contributed by atoms with Crippen molar-refractivity contribution in [2.75, 3.05) is 5.88 Å². The van der Waals surface area contributed by atoms with Gasteiger partial charge >= 0.3 is 0 Å². The summed E-state index contributed by atoms with van der Waals surface area (Å²) < 4.78 is 1.71. The number of halogens is 1. The van der Waals surface area contributed by atoms with Crippen molar-refractivity contribution in [1.29, 1.82) is 0 Å². The van der Waals surface area contributed by atoms with Crippen LogP contribution < -0.4 is 5.32 Å². The Morgan fingerprint density at radius 3 is 3.07 bits per heavy atom. The zero-order valence-electron chi connectivity index (χ0n) is 8.16. The molecule has 0 bridgehead atoms. The van der Waals surface area contributed by atoms with Gasteiger partial charge in [0.1, 0.15) is 0 Å². The van der Waals surface area contributed by atoms with Crippen molar-refractivity contribution in [1.82, 2.24) is 15.1 Å². The molecule has 1 amide bonds. The maximum Gasteiger partial charge on any atom is 0.220 e. The average molecular weight is 216 g/mol. The Balaban J connectivity index is 2.23. The van der Waals surface area contributed by atoms with E-state index in [1.807, 2.05) is 13.2 Å². The molecule has 0 aliphatic heterocycles. The minimum absolute atomic E-state index is 0.0366. The van der Waals surface area contributed by atoms with E-state index in [1.54, 1.807) is 10.9 Å². The molecule has 1 heterocycles. The number of aromatic nitrogens is 2. The van der Waals surface area contributed by atoms with Gasteiger partial charge in [-0.25, -0.2) is 0 Å². The van der Waals surface area contributed by atoms with E-state index in [4.69, 9.17) is 11.6 Å². The lowest BCUT2D eigenvalue weighted by molar-refractivity contribution is -0.121.